The van der Waals surface area contributed by atoms with Crippen LogP contribution in [0.2, 0.25) is 0 Å². The summed E-state index contributed by atoms with van der Waals surface area (Å²) in [6, 6.07) is 0. The highest BCUT2D eigenvalue weighted by atomic mass is 16.1. The Bertz CT molecular complexity index is 422. The molecule has 0 aromatic rings. The summed E-state index contributed by atoms with van der Waals surface area (Å²) in [5.74, 6) is 6.43. The van der Waals surface area contributed by atoms with E-state index in [-0.39, 0.29) is 5.92 Å². The Hall–Kier alpha value is -1.54. The van der Waals surface area contributed by atoms with Crippen LogP contribution in [0.5, 0.6) is 0 Å². The van der Waals surface area contributed by atoms with Gasteiger partial charge < -0.3 is 0 Å². The van der Waals surface area contributed by atoms with Crippen LogP contribution in [0.1, 0.15) is 70.6 Å². The van der Waals surface area contributed by atoms with Gasteiger partial charge in [-0.05, 0) is 32.1 Å². The van der Waals surface area contributed by atoms with E-state index >= 15 is 0 Å². The third-order valence-electron chi connectivity index (χ3n) is 4.36. The largest absolute Gasteiger partial charge is 0.299 e. The van der Waals surface area contributed by atoms with Gasteiger partial charge in [0.25, 0.3) is 0 Å². The van der Waals surface area contributed by atoms with Gasteiger partial charge in [0.1, 0.15) is 11.6 Å². The highest BCUT2D eigenvalue weighted by molar-refractivity contribution is 5.82. The average Bonchev–Trinajstić information content (AvgIpc) is 2.50. The van der Waals surface area contributed by atoms with Crippen molar-refractivity contribution in [2.75, 3.05) is 0 Å². The number of terminal acetylenes is 2. The van der Waals surface area contributed by atoms with Crippen molar-refractivity contribution in [3.8, 4) is 24.7 Å². The lowest BCUT2D eigenvalue weighted by molar-refractivity contribution is -0.125. The van der Waals surface area contributed by atoms with Gasteiger partial charge in [-0.3, -0.25) is 9.59 Å². The van der Waals surface area contributed by atoms with Crippen LogP contribution < -0.4 is 0 Å². The summed E-state index contributed by atoms with van der Waals surface area (Å²) in [7, 11) is 0. The van der Waals surface area contributed by atoms with Crippen LogP contribution in [-0.4, -0.2) is 11.6 Å². The minimum Gasteiger partial charge on any atom is -0.299 e. The highest BCUT2D eigenvalue weighted by Gasteiger charge is 2.21. The molecule has 2 saturated carbocycles. The summed E-state index contributed by atoms with van der Waals surface area (Å²) in [5, 5.41) is 0. The molecule has 0 aromatic carbocycles. The van der Waals surface area contributed by atoms with Crippen molar-refractivity contribution in [1.29, 1.82) is 0 Å². The lowest BCUT2D eigenvalue weighted by Gasteiger charge is -2.18. The zero-order chi connectivity index (χ0) is 15.5. The predicted molar refractivity (Wildman–Crippen MR) is 85.4 cm³/mol. The first kappa shape index (κ1) is 17.5. The van der Waals surface area contributed by atoms with Gasteiger partial charge in [0.05, 0.1) is 0 Å². The van der Waals surface area contributed by atoms with Crippen LogP contribution in [0.4, 0.5) is 0 Å². The minimum absolute atomic E-state index is 0.193. The second-order valence-corrected chi connectivity index (χ2v) is 5.97. The zero-order valence-corrected chi connectivity index (χ0v) is 12.9. The van der Waals surface area contributed by atoms with E-state index in [2.05, 4.69) is 11.8 Å². The molecule has 21 heavy (non-hydrogen) atoms. The molecule has 0 bridgehead atoms. The molecule has 0 spiro atoms. The van der Waals surface area contributed by atoms with Crippen LogP contribution >= 0.6 is 0 Å². The van der Waals surface area contributed by atoms with Gasteiger partial charge in [0.15, 0.2) is 0 Å². The monoisotopic (exact) mass is 286 g/mol. The summed E-state index contributed by atoms with van der Waals surface area (Å²) in [5.41, 5.74) is 0. The van der Waals surface area contributed by atoms with E-state index in [1.165, 1.54) is 12.8 Å². The molecule has 2 unspecified atom stereocenters. The van der Waals surface area contributed by atoms with E-state index in [4.69, 9.17) is 12.8 Å². The molecule has 0 radical (unpaired) electrons. The Labute approximate surface area is 129 Å². The molecular formula is C19H26O2. The fourth-order valence-electron chi connectivity index (χ4n) is 3.03. The lowest BCUT2D eigenvalue weighted by Crippen LogP contribution is -2.18. The van der Waals surface area contributed by atoms with Crippen LogP contribution in [0.25, 0.3) is 0 Å². The van der Waals surface area contributed by atoms with E-state index in [1.54, 1.807) is 0 Å². The van der Waals surface area contributed by atoms with Gasteiger partial charge in [-0.1, -0.05) is 12.8 Å². The number of rotatable bonds is 3. The first-order chi connectivity index (χ1) is 10.2. The van der Waals surface area contributed by atoms with Crippen molar-refractivity contribution in [2.24, 2.45) is 11.8 Å². The Kier molecular flexibility index (Phi) is 8.53. The summed E-state index contributed by atoms with van der Waals surface area (Å²) in [4.78, 5) is 22.3. The van der Waals surface area contributed by atoms with Crippen LogP contribution in [0.15, 0.2) is 0 Å². The molecular weight excluding hydrogens is 260 g/mol. The maximum atomic E-state index is 11.2. The number of carbonyl (C=O) groups is 2. The molecule has 2 fully saturated rings. The van der Waals surface area contributed by atoms with Crippen molar-refractivity contribution < 1.29 is 9.59 Å². The van der Waals surface area contributed by atoms with Crippen molar-refractivity contribution in [3.05, 3.63) is 0 Å². The SMILES string of the molecule is C#CCC1CCCCC1=O.C#CCCC1CCCCC1=O. The zero-order valence-electron chi connectivity index (χ0n) is 12.9. The molecule has 0 aromatic heterocycles. The summed E-state index contributed by atoms with van der Waals surface area (Å²) in [6.07, 6.45) is 20.7. The number of carbonyl (C=O) groups excluding carboxylic acids is 2. The Morgan fingerprint density at radius 3 is 1.90 bits per heavy atom. The van der Waals surface area contributed by atoms with E-state index in [0.29, 0.717) is 23.9 Å². The molecule has 0 N–H and O–H groups in total. The summed E-state index contributed by atoms with van der Waals surface area (Å²) < 4.78 is 0. The molecule has 0 saturated heterocycles. The van der Waals surface area contributed by atoms with Crippen LogP contribution in [-0.2, 0) is 9.59 Å². The molecule has 2 heteroatoms. The Morgan fingerprint density at radius 1 is 0.857 bits per heavy atom. The van der Waals surface area contributed by atoms with Gasteiger partial charge in [-0.25, -0.2) is 0 Å². The normalized spacial score (nSPS) is 25.2. The Balaban J connectivity index is 0.000000211. The molecule has 2 rings (SSSR count). The molecule has 2 nitrogen and oxygen atoms in total. The second-order valence-electron chi connectivity index (χ2n) is 5.97. The van der Waals surface area contributed by atoms with Gasteiger partial charge in [-0.2, -0.15) is 0 Å². The lowest BCUT2D eigenvalue weighted by atomic mass is 9.85. The van der Waals surface area contributed by atoms with E-state index in [1.807, 2.05) is 0 Å². The Morgan fingerprint density at radius 2 is 1.43 bits per heavy atom. The molecule has 0 heterocycles. The highest BCUT2D eigenvalue weighted by Crippen LogP contribution is 2.24. The summed E-state index contributed by atoms with van der Waals surface area (Å²) in [6.45, 7) is 0. The maximum absolute atomic E-state index is 11.2. The molecule has 2 aliphatic rings. The van der Waals surface area contributed by atoms with E-state index in [9.17, 15) is 9.59 Å². The standard InChI is InChI=1S/C10H14O.C9H12O/c1-2-3-6-9-7-4-5-8-10(9)11;1-2-5-8-6-3-4-7-9(8)10/h1,9H,3-8H2;1,8H,3-7H2. The van der Waals surface area contributed by atoms with Gasteiger partial charge in [0, 0.05) is 37.5 Å². The molecule has 2 atom stereocenters. The first-order valence-corrected chi connectivity index (χ1v) is 8.11. The second kappa shape index (κ2) is 10.2. The maximum Gasteiger partial charge on any atom is 0.136 e. The predicted octanol–water partition coefficient (Wildman–Crippen LogP) is 3.93. The topological polar surface area (TPSA) is 34.1 Å². The van der Waals surface area contributed by atoms with Crippen molar-refractivity contribution >= 4 is 11.6 Å². The number of Topliss-reactive ketones (excluding diaryl/α,β-unsaturated/α-hetero) is 2. The number of hydrogen-bond donors (Lipinski definition) is 0. The smallest absolute Gasteiger partial charge is 0.136 e. The van der Waals surface area contributed by atoms with Crippen molar-refractivity contribution in [1.82, 2.24) is 0 Å². The first-order valence-electron chi connectivity index (χ1n) is 8.11. The number of hydrogen-bond acceptors (Lipinski definition) is 2. The summed E-state index contributed by atoms with van der Waals surface area (Å²) >= 11 is 0. The molecule has 0 aliphatic heterocycles. The van der Waals surface area contributed by atoms with Gasteiger partial charge in [0.2, 0.25) is 0 Å². The van der Waals surface area contributed by atoms with E-state index < -0.39 is 0 Å². The minimum atomic E-state index is 0.193. The van der Waals surface area contributed by atoms with Crippen molar-refractivity contribution in [2.45, 2.75) is 70.6 Å². The number of ketones is 2. The molecule has 114 valence electrons. The van der Waals surface area contributed by atoms with E-state index in [0.717, 1.165) is 51.4 Å². The van der Waals surface area contributed by atoms with Crippen LogP contribution in [0, 0.1) is 36.5 Å². The van der Waals surface area contributed by atoms with Gasteiger partial charge in [-0.15, -0.1) is 24.7 Å². The van der Waals surface area contributed by atoms with Crippen LogP contribution in [0.3, 0.4) is 0 Å². The third-order valence-corrected chi connectivity index (χ3v) is 4.36. The third kappa shape index (κ3) is 6.63. The van der Waals surface area contributed by atoms with Crippen molar-refractivity contribution in [3.63, 3.8) is 0 Å². The quantitative estimate of drug-likeness (QED) is 0.737. The average molecular weight is 286 g/mol. The van der Waals surface area contributed by atoms with Gasteiger partial charge >= 0.3 is 0 Å². The fourth-order valence-corrected chi connectivity index (χ4v) is 3.03. The molecule has 2 aliphatic carbocycles. The fraction of sp³-hybridized carbons (Fsp3) is 0.684. The molecule has 0 amide bonds.